The van der Waals surface area contributed by atoms with Crippen LogP contribution in [-0.2, 0) is 10.5 Å². The van der Waals surface area contributed by atoms with Gasteiger partial charge in [0.15, 0.2) is 5.72 Å². The Labute approximate surface area is 251 Å². The van der Waals surface area contributed by atoms with Gasteiger partial charge in [0.05, 0.1) is 12.0 Å². The summed E-state index contributed by atoms with van der Waals surface area (Å²) in [5.74, 6) is -1.71. The van der Waals surface area contributed by atoms with Crippen LogP contribution in [0.4, 0.5) is 16.2 Å². The largest absolute Gasteiger partial charge is 0.366 e. The van der Waals surface area contributed by atoms with E-state index >= 15 is 0 Å². The smallest absolute Gasteiger partial charge is 0.324 e. The molecule has 1 aliphatic rings. The topological polar surface area (TPSA) is 81.7 Å². The highest BCUT2D eigenvalue weighted by atomic mass is 16.3. The van der Waals surface area contributed by atoms with Crippen LogP contribution in [0, 0.1) is 5.92 Å². The molecule has 3 N–H and O–H groups in total. The normalized spacial score (nSPS) is 21.5. The summed E-state index contributed by atoms with van der Waals surface area (Å²) in [6.45, 7) is 0. The lowest BCUT2D eigenvalue weighted by Gasteiger charge is -2.55. The molecule has 0 saturated carbocycles. The second-order valence-electron chi connectivity index (χ2n) is 10.8. The Morgan fingerprint density at radius 3 is 1.58 bits per heavy atom. The van der Waals surface area contributed by atoms with Gasteiger partial charge in [0.25, 0.3) is 0 Å². The van der Waals surface area contributed by atoms with Crippen LogP contribution >= 0.6 is 0 Å². The molecule has 4 atom stereocenters. The van der Waals surface area contributed by atoms with Crippen molar-refractivity contribution in [3.63, 3.8) is 0 Å². The number of urea groups is 1. The number of anilines is 2. The number of carbonyl (C=O) groups excluding carboxylic acids is 2. The van der Waals surface area contributed by atoms with Crippen molar-refractivity contribution in [1.29, 1.82) is 0 Å². The average molecular weight is 568 g/mol. The average Bonchev–Trinajstić information content (AvgIpc) is 3.06. The summed E-state index contributed by atoms with van der Waals surface area (Å²) in [6.07, 6.45) is 0.291. The van der Waals surface area contributed by atoms with E-state index in [0.717, 1.165) is 11.1 Å². The van der Waals surface area contributed by atoms with E-state index in [1.54, 1.807) is 0 Å². The van der Waals surface area contributed by atoms with Gasteiger partial charge in [0.2, 0.25) is 5.91 Å². The molecule has 6 nitrogen and oxygen atoms in total. The van der Waals surface area contributed by atoms with Gasteiger partial charge in [-0.15, -0.1) is 0 Å². The number of hydrogen-bond acceptors (Lipinski definition) is 3. The molecule has 4 unspecified atom stereocenters. The molecule has 1 aliphatic heterocycles. The molecule has 6 heteroatoms. The predicted octanol–water partition coefficient (Wildman–Crippen LogP) is 7.55. The van der Waals surface area contributed by atoms with Crippen molar-refractivity contribution in [1.82, 2.24) is 4.90 Å². The molecular formula is C37H33N3O3. The Morgan fingerprint density at radius 2 is 1.05 bits per heavy atom. The fourth-order valence-electron chi connectivity index (χ4n) is 6.25. The van der Waals surface area contributed by atoms with Gasteiger partial charge in [-0.1, -0.05) is 127 Å². The zero-order valence-corrected chi connectivity index (χ0v) is 23.6. The summed E-state index contributed by atoms with van der Waals surface area (Å²) in [6, 6.07) is 45.7. The number of benzene rings is 5. The minimum atomic E-state index is -1.90. The van der Waals surface area contributed by atoms with Gasteiger partial charge in [-0.3, -0.25) is 9.69 Å². The minimum absolute atomic E-state index is 0.224. The van der Waals surface area contributed by atoms with Crippen LogP contribution in [0.25, 0.3) is 0 Å². The number of para-hydroxylation sites is 2. The summed E-state index contributed by atoms with van der Waals surface area (Å²) >= 11 is 0. The maximum atomic E-state index is 14.4. The first-order valence-electron chi connectivity index (χ1n) is 14.4. The molecule has 1 saturated heterocycles. The van der Waals surface area contributed by atoms with Crippen molar-refractivity contribution in [2.24, 2.45) is 5.92 Å². The van der Waals surface area contributed by atoms with E-state index in [1.807, 2.05) is 152 Å². The van der Waals surface area contributed by atoms with E-state index in [0.29, 0.717) is 23.4 Å². The molecule has 5 aromatic carbocycles. The lowest BCUT2D eigenvalue weighted by atomic mass is 9.67. The number of nitrogens with zero attached hydrogens (tertiary/aromatic N) is 1. The van der Waals surface area contributed by atoms with Gasteiger partial charge >= 0.3 is 6.03 Å². The zero-order valence-electron chi connectivity index (χ0n) is 23.6. The minimum Gasteiger partial charge on any atom is -0.366 e. The summed E-state index contributed by atoms with van der Waals surface area (Å²) in [7, 11) is 0. The standard InChI is InChI=1S/C37H33N3O3/c41-35(38-30-22-12-4-13-23-30)32-26-33(27-16-6-1-7-17-27)40(36(42)39-31-24-14-5-15-25-31)37(43,29-20-10-3-11-21-29)34(32)28-18-8-2-9-19-28/h1-25,32-34,43H,26H2,(H,38,41)(H,39,42). The van der Waals surface area contributed by atoms with Crippen molar-refractivity contribution in [3.05, 3.63) is 168 Å². The van der Waals surface area contributed by atoms with Crippen molar-refractivity contribution in [2.75, 3.05) is 10.6 Å². The number of nitrogens with one attached hydrogen (secondary N) is 2. The number of aliphatic hydroxyl groups is 1. The van der Waals surface area contributed by atoms with Crippen LogP contribution in [-0.4, -0.2) is 21.9 Å². The highest BCUT2D eigenvalue weighted by molar-refractivity contribution is 5.95. The lowest BCUT2D eigenvalue weighted by molar-refractivity contribution is -0.172. The number of hydrogen-bond donors (Lipinski definition) is 3. The first kappa shape index (κ1) is 27.9. The van der Waals surface area contributed by atoms with Gasteiger partial charge in [-0.25, -0.2) is 4.79 Å². The van der Waals surface area contributed by atoms with Crippen molar-refractivity contribution in [2.45, 2.75) is 24.1 Å². The maximum Gasteiger partial charge on any atom is 0.324 e. The molecule has 0 spiro atoms. The molecule has 3 amide bonds. The van der Waals surface area contributed by atoms with Crippen molar-refractivity contribution >= 4 is 23.3 Å². The van der Waals surface area contributed by atoms with Gasteiger partial charge in [-0.05, 0) is 41.8 Å². The van der Waals surface area contributed by atoms with Crippen LogP contribution < -0.4 is 10.6 Å². The Bertz CT molecular complexity index is 1650. The van der Waals surface area contributed by atoms with E-state index < -0.39 is 29.6 Å². The molecule has 0 aliphatic carbocycles. The van der Waals surface area contributed by atoms with Gasteiger partial charge < -0.3 is 15.7 Å². The molecule has 0 radical (unpaired) electrons. The Morgan fingerprint density at radius 1 is 0.605 bits per heavy atom. The SMILES string of the molecule is O=C(Nc1ccccc1)C1CC(c2ccccc2)N(C(=O)Nc2ccccc2)C(O)(c2ccccc2)C1c1ccccc1. The number of likely N-dealkylation sites (tertiary alicyclic amines) is 1. The second-order valence-corrected chi connectivity index (χ2v) is 10.8. The zero-order chi connectivity index (χ0) is 29.6. The third-order valence-corrected chi connectivity index (χ3v) is 8.16. The third-order valence-electron chi connectivity index (χ3n) is 8.16. The Kier molecular flexibility index (Phi) is 8.03. The first-order valence-corrected chi connectivity index (χ1v) is 14.4. The molecule has 5 aromatic rings. The van der Waals surface area contributed by atoms with Crippen LogP contribution in [0.2, 0.25) is 0 Å². The fourth-order valence-corrected chi connectivity index (χ4v) is 6.25. The molecule has 0 aromatic heterocycles. The monoisotopic (exact) mass is 567 g/mol. The van der Waals surface area contributed by atoms with Gasteiger partial charge in [0, 0.05) is 22.9 Å². The number of rotatable bonds is 6. The van der Waals surface area contributed by atoms with E-state index in [1.165, 1.54) is 4.90 Å². The predicted molar refractivity (Wildman–Crippen MR) is 169 cm³/mol. The lowest BCUT2D eigenvalue weighted by Crippen LogP contribution is -2.62. The van der Waals surface area contributed by atoms with Crippen molar-refractivity contribution in [3.8, 4) is 0 Å². The number of amides is 3. The first-order chi connectivity index (χ1) is 21.1. The van der Waals surface area contributed by atoms with E-state index in [4.69, 9.17) is 0 Å². The summed E-state index contributed by atoms with van der Waals surface area (Å²) < 4.78 is 0. The number of piperidine rings is 1. The molecule has 43 heavy (non-hydrogen) atoms. The quantitative estimate of drug-likeness (QED) is 0.198. The molecule has 1 fully saturated rings. The summed E-state index contributed by atoms with van der Waals surface area (Å²) in [5.41, 5.74) is 1.47. The van der Waals surface area contributed by atoms with Gasteiger partial charge in [0.1, 0.15) is 0 Å². The Hall–Kier alpha value is -5.20. The fraction of sp³-hybridized carbons (Fsp3) is 0.135. The molecule has 0 bridgehead atoms. The third kappa shape index (κ3) is 5.65. The van der Waals surface area contributed by atoms with Gasteiger partial charge in [-0.2, -0.15) is 0 Å². The summed E-state index contributed by atoms with van der Waals surface area (Å²) in [4.78, 5) is 30.2. The van der Waals surface area contributed by atoms with Crippen LogP contribution in [0.1, 0.15) is 35.1 Å². The van der Waals surface area contributed by atoms with Crippen LogP contribution in [0.5, 0.6) is 0 Å². The second kappa shape index (κ2) is 12.3. The Balaban J connectivity index is 1.56. The van der Waals surface area contributed by atoms with E-state index in [9.17, 15) is 14.7 Å². The van der Waals surface area contributed by atoms with E-state index in [-0.39, 0.29) is 5.91 Å². The van der Waals surface area contributed by atoms with Crippen molar-refractivity contribution < 1.29 is 14.7 Å². The molecular weight excluding hydrogens is 534 g/mol. The maximum absolute atomic E-state index is 14.4. The highest BCUT2D eigenvalue weighted by Gasteiger charge is 2.58. The molecule has 214 valence electrons. The van der Waals surface area contributed by atoms with Crippen LogP contribution in [0.3, 0.4) is 0 Å². The van der Waals surface area contributed by atoms with Crippen LogP contribution in [0.15, 0.2) is 152 Å². The summed E-state index contributed by atoms with van der Waals surface area (Å²) in [5, 5.41) is 19.4. The highest BCUT2D eigenvalue weighted by Crippen LogP contribution is 2.55. The molecule has 6 rings (SSSR count). The number of carbonyl (C=O) groups is 2. The van der Waals surface area contributed by atoms with E-state index in [2.05, 4.69) is 10.6 Å². The molecule has 1 heterocycles.